The second kappa shape index (κ2) is 6.96. The maximum Gasteiger partial charge on any atom is 0.292 e. The molecule has 0 bridgehead atoms. The fourth-order valence-corrected chi connectivity index (χ4v) is 1.96. The first-order valence-electron chi connectivity index (χ1n) is 6.22. The van der Waals surface area contributed by atoms with Crippen molar-refractivity contribution >= 4 is 11.4 Å². The Morgan fingerprint density at radius 2 is 2.17 bits per heavy atom. The van der Waals surface area contributed by atoms with Crippen LogP contribution in [-0.4, -0.2) is 30.5 Å². The van der Waals surface area contributed by atoms with Crippen molar-refractivity contribution < 1.29 is 4.92 Å². The van der Waals surface area contributed by atoms with Gasteiger partial charge < -0.3 is 10.2 Å². The van der Waals surface area contributed by atoms with Crippen LogP contribution in [0.1, 0.15) is 25.3 Å². The number of rotatable bonds is 7. The van der Waals surface area contributed by atoms with Crippen LogP contribution in [0.25, 0.3) is 0 Å². The highest BCUT2D eigenvalue weighted by Crippen LogP contribution is 2.28. The molecule has 0 saturated heterocycles. The Labute approximate surface area is 108 Å². The molecule has 0 fully saturated rings. The third kappa shape index (κ3) is 3.70. The van der Waals surface area contributed by atoms with Crippen LogP contribution in [0.4, 0.5) is 11.4 Å². The number of para-hydroxylation sites is 1. The maximum absolute atomic E-state index is 10.9. The van der Waals surface area contributed by atoms with Crippen LogP contribution < -0.4 is 5.32 Å². The largest absolute Gasteiger partial charge is 0.382 e. The second-order valence-corrected chi connectivity index (χ2v) is 4.41. The number of hydrogen-bond donors (Lipinski definition) is 1. The van der Waals surface area contributed by atoms with E-state index in [1.54, 1.807) is 13.1 Å². The predicted octanol–water partition coefficient (Wildman–Crippen LogP) is 2.87. The number of nitrogens with zero attached hydrogens (tertiary/aromatic N) is 2. The van der Waals surface area contributed by atoms with E-state index < -0.39 is 0 Å². The maximum atomic E-state index is 10.9. The topological polar surface area (TPSA) is 58.4 Å². The number of nitro groups is 1. The standard InChI is InChI=1S/C13H21N3O2/c1-4-5-9-15(3)10-11-7-6-8-12(16(17)18)13(11)14-2/h6-8,14H,4-5,9-10H2,1-3H3. The molecule has 100 valence electrons. The molecular formula is C13H21N3O2. The smallest absolute Gasteiger partial charge is 0.292 e. The number of hydrogen-bond acceptors (Lipinski definition) is 4. The van der Waals surface area contributed by atoms with E-state index >= 15 is 0 Å². The number of benzene rings is 1. The number of nitrogens with one attached hydrogen (secondary N) is 1. The van der Waals surface area contributed by atoms with Crippen molar-refractivity contribution in [2.24, 2.45) is 0 Å². The Hall–Kier alpha value is -1.62. The summed E-state index contributed by atoms with van der Waals surface area (Å²) in [5, 5.41) is 13.9. The summed E-state index contributed by atoms with van der Waals surface area (Å²) in [6.07, 6.45) is 2.29. The minimum absolute atomic E-state index is 0.138. The molecule has 5 nitrogen and oxygen atoms in total. The third-order valence-corrected chi connectivity index (χ3v) is 2.91. The van der Waals surface area contributed by atoms with Gasteiger partial charge in [0.25, 0.3) is 5.69 Å². The fraction of sp³-hybridized carbons (Fsp3) is 0.538. The van der Waals surface area contributed by atoms with Crippen molar-refractivity contribution in [2.45, 2.75) is 26.3 Å². The van der Waals surface area contributed by atoms with Gasteiger partial charge >= 0.3 is 0 Å². The number of unbranched alkanes of at least 4 members (excludes halogenated alkanes) is 1. The van der Waals surface area contributed by atoms with Crippen molar-refractivity contribution in [1.29, 1.82) is 0 Å². The van der Waals surface area contributed by atoms with Gasteiger partial charge in [0.1, 0.15) is 5.69 Å². The van der Waals surface area contributed by atoms with Crippen molar-refractivity contribution in [2.75, 3.05) is 26.0 Å². The lowest BCUT2D eigenvalue weighted by atomic mass is 10.1. The molecule has 1 aromatic carbocycles. The van der Waals surface area contributed by atoms with Gasteiger partial charge in [0.15, 0.2) is 0 Å². The highest BCUT2D eigenvalue weighted by atomic mass is 16.6. The van der Waals surface area contributed by atoms with Crippen molar-refractivity contribution in [3.8, 4) is 0 Å². The van der Waals surface area contributed by atoms with E-state index in [1.807, 2.05) is 13.1 Å². The van der Waals surface area contributed by atoms with E-state index in [0.29, 0.717) is 5.69 Å². The van der Waals surface area contributed by atoms with Crippen LogP contribution in [0.2, 0.25) is 0 Å². The van der Waals surface area contributed by atoms with Gasteiger partial charge in [-0.3, -0.25) is 10.1 Å². The van der Waals surface area contributed by atoms with E-state index in [9.17, 15) is 10.1 Å². The molecule has 0 aliphatic carbocycles. The summed E-state index contributed by atoms with van der Waals surface area (Å²) >= 11 is 0. The monoisotopic (exact) mass is 251 g/mol. The second-order valence-electron chi connectivity index (χ2n) is 4.41. The van der Waals surface area contributed by atoms with Crippen LogP contribution in [0.15, 0.2) is 18.2 Å². The molecule has 0 aliphatic rings. The van der Waals surface area contributed by atoms with Crippen LogP contribution in [0, 0.1) is 10.1 Å². The van der Waals surface area contributed by atoms with Crippen LogP contribution in [0.3, 0.4) is 0 Å². The van der Waals surface area contributed by atoms with Gasteiger partial charge in [-0.25, -0.2) is 0 Å². The first kappa shape index (κ1) is 14.4. The lowest BCUT2D eigenvalue weighted by Gasteiger charge is -2.18. The Morgan fingerprint density at radius 1 is 1.44 bits per heavy atom. The Balaban J connectivity index is 2.88. The molecule has 0 aromatic heterocycles. The molecule has 1 rings (SSSR count). The summed E-state index contributed by atoms with van der Waals surface area (Å²) in [5.41, 5.74) is 1.72. The van der Waals surface area contributed by atoms with Crippen molar-refractivity contribution in [3.05, 3.63) is 33.9 Å². The van der Waals surface area contributed by atoms with Gasteiger partial charge in [0.05, 0.1) is 4.92 Å². The summed E-state index contributed by atoms with van der Waals surface area (Å²) in [5.74, 6) is 0. The summed E-state index contributed by atoms with van der Waals surface area (Å²) < 4.78 is 0. The molecule has 0 saturated carbocycles. The van der Waals surface area contributed by atoms with Crippen LogP contribution >= 0.6 is 0 Å². The van der Waals surface area contributed by atoms with Gasteiger partial charge in [-0.15, -0.1) is 0 Å². The summed E-state index contributed by atoms with van der Waals surface area (Å²) in [7, 11) is 3.76. The van der Waals surface area contributed by atoms with E-state index in [-0.39, 0.29) is 10.6 Å². The molecule has 1 aromatic rings. The summed E-state index contributed by atoms with van der Waals surface area (Å²) in [6.45, 7) is 3.88. The molecule has 0 heterocycles. The van der Waals surface area contributed by atoms with Crippen LogP contribution in [0.5, 0.6) is 0 Å². The van der Waals surface area contributed by atoms with Gasteiger partial charge in [-0.2, -0.15) is 0 Å². The highest BCUT2D eigenvalue weighted by Gasteiger charge is 2.16. The first-order chi connectivity index (χ1) is 8.60. The molecule has 0 unspecified atom stereocenters. The van der Waals surface area contributed by atoms with Crippen LogP contribution in [-0.2, 0) is 6.54 Å². The zero-order valence-corrected chi connectivity index (χ0v) is 11.3. The summed E-state index contributed by atoms with van der Waals surface area (Å²) in [6, 6.07) is 5.20. The fourth-order valence-electron chi connectivity index (χ4n) is 1.96. The van der Waals surface area contributed by atoms with Gasteiger partial charge in [-0.1, -0.05) is 25.5 Å². The zero-order chi connectivity index (χ0) is 13.5. The molecule has 0 amide bonds. The van der Waals surface area contributed by atoms with E-state index in [4.69, 9.17) is 0 Å². The quantitative estimate of drug-likeness (QED) is 0.598. The number of nitro benzene ring substituents is 1. The van der Waals surface area contributed by atoms with E-state index in [2.05, 4.69) is 17.1 Å². The zero-order valence-electron chi connectivity index (χ0n) is 11.3. The van der Waals surface area contributed by atoms with Gasteiger partial charge in [0, 0.05) is 19.7 Å². The molecule has 0 spiro atoms. The minimum Gasteiger partial charge on any atom is -0.382 e. The molecule has 0 radical (unpaired) electrons. The normalized spacial score (nSPS) is 10.7. The first-order valence-corrected chi connectivity index (χ1v) is 6.22. The lowest BCUT2D eigenvalue weighted by Crippen LogP contribution is -2.19. The van der Waals surface area contributed by atoms with Gasteiger partial charge in [-0.05, 0) is 25.6 Å². The lowest BCUT2D eigenvalue weighted by molar-refractivity contribution is -0.384. The highest BCUT2D eigenvalue weighted by molar-refractivity contribution is 5.66. The average molecular weight is 251 g/mol. The van der Waals surface area contributed by atoms with Crippen molar-refractivity contribution in [3.63, 3.8) is 0 Å². The van der Waals surface area contributed by atoms with E-state index in [0.717, 1.165) is 31.5 Å². The SMILES string of the molecule is CCCCN(C)Cc1cccc([N+](=O)[O-])c1NC. The Bertz CT molecular complexity index is 407. The average Bonchev–Trinajstić information content (AvgIpc) is 2.35. The molecule has 5 heteroatoms. The van der Waals surface area contributed by atoms with Gasteiger partial charge in [0.2, 0.25) is 0 Å². The van der Waals surface area contributed by atoms with E-state index in [1.165, 1.54) is 6.07 Å². The molecule has 0 aliphatic heterocycles. The number of anilines is 1. The summed E-state index contributed by atoms with van der Waals surface area (Å²) in [4.78, 5) is 12.8. The third-order valence-electron chi connectivity index (χ3n) is 2.91. The van der Waals surface area contributed by atoms with Crippen molar-refractivity contribution in [1.82, 2.24) is 4.90 Å². The Morgan fingerprint density at radius 3 is 2.72 bits per heavy atom. The Kier molecular flexibility index (Phi) is 5.58. The molecule has 18 heavy (non-hydrogen) atoms. The molecule has 1 N–H and O–H groups in total. The predicted molar refractivity (Wildman–Crippen MR) is 73.9 cm³/mol. The minimum atomic E-state index is -0.346. The molecular weight excluding hydrogens is 230 g/mol. The molecule has 0 atom stereocenters.